The van der Waals surface area contributed by atoms with E-state index in [1.165, 1.54) is 31.3 Å². The van der Waals surface area contributed by atoms with Gasteiger partial charge in [-0.1, -0.05) is 61.2 Å². The van der Waals surface area contributed by atoms with Gasteiger partial charge in [0.15, 0.2) is 0 Å². The van der Waals surface area contributed by atoms with Gasteiger partial charge in [-0.3, -0.25) is 4.98 Å². The summed E-state index contributed by atoms with van der Waals surface area (Å²) in [7, 11) is -1.39. The summed E-state index contributed by atoms with van der Waals surface area (Å²) in [5, 5.41) is 4.40. The number of pyridine rings is 1. The lowest BCUT2D eigenvalue weighted by molar-refractivity contribution is 1.27. The highest BCUT2D eigenvalue weighted by molar-refractivity contribution is 7.26. The van der Waals surface area contributed by atoms with Crippen LogP contribution in [0.1, 0.15) is 5.56 Å². The molecule has 0 atom stereocenters. The van der Waals surface area contributed by atoms with Crippen molar-refractivity contribution in [2.75, 3.05) is 0 Å². The van der Waals surface area contributed by atoms with E-state index in [0.717, 1.165) is 5.69 Å². The Kier molecular flexibility index (Phi) is 3.59. The quantitative estimate of drug-likeness (QED) is 0.407. The predicted octanol–water partition coefficient (Wildman–Crippen LogP) is 5.97. The van der Waals surface area contributed by atoms with Crippen molar-refractivity contribution in [1.82, 2.24) is 4.98 Å². The molecular formula is C21H21NSSi. The van der Waals surface area contributed by atoms with Crippen molar-refractivity contribution in [3.63, 3.8) is 0 Å². The maximum absolute atomic E-state index is 4.66. The monoisotopic (exact) mass is 347 g/mol. The zero-order chi connectivity index (χ0) is 16.9. The Morgan fingerprint density at radius 2 is 1.71 bits per heavy atom. The lowest BCUT2D eigenvalue weighted by Gasteiger charge is -2.18. The van der Waals surface area contributed by atoms with Crippen LogP contribution in [0.5, 0.6) is 0 Å². The van der Waals surface area contributed by atoms with Crippen LogP contribution in [-0.2, 0) is 0 Å². The standard InChI is InChI=1S/C21H21NSSi/c1-14-11-12-17(22-13-14)15-7-5-8-16-20-18(23-21(15)16)9-6-10-19(20)24(2,3)4/h5-13H,1-4H3. The van der Waals surface area contributed by atoms with Gasteiger partial charge in [-0.25, -0.2) is 0 Å². The average molecular weight is 348 g/mol. The van der Waals surface area contributed by atoms with E-state index >= 15 is 0 Å². The third-order valence-electron chi connectivity index (χ3n) is 4.52. The molecule has 0 saturated carbocycles. The fourth-order valence-corrected chi connectivity index (χ4v) is 6.26. The minimum Gasteiger partial charge on any atom is -0.256 e. The van der Waals surface area contributed by atoms with E-state index in [1.807, 2.05) is 17.5 Å². The van der Waals surface area contributed by atoms with Crippen molar-refractivity contribution in [3.8, 4) is 11.3 Å². The van der Waals surface area contributed by atoms with E-state index in [4.69, 9.17) is 0 Å². The first-order valence-corrected chi connectivity index (χ1v) is 12.6. The van der Waals surface area contributed by atoms with E-state index in [9.17, 15) is 0 Å². The molecule has 0 saturated heterocycles. The van der Waals surface area contributed by atoms with Crippen molar-refractivity contribution in [3.05, 3.63) is 60.3 Å². The molecule has 0 unspecified atom stereocenters. The lowest BCUT2D eigenvalue weighted by atomic mass is 10.1. The van der Waals surface area contributed by atoms with E-state index in [0.29, 0.717) is 0 Å². The summed E-state index contributed by atoms with van der Waals surface area (Å²) >= 11 is 1.90. The molecule has 0 N–H and O–H groups in total. The first-order chi connectivity index (χ1) is 11.4. The molecule has 0 radical (unpaired) electrons. The van der Waals surface area contributed by atoms with Crippen molar-refractivity contribution in [2.45, 2.75) is 26.6 Å². The lowest BCUT2D eigenvalue weighted by Crippen LogP contribution is -2.37. The van der Waals surface area contributed by atoms with Crippen LogP contribution in [0.2, 0.25) is 19.6 Å². The van der Waals surface area contributed by atoms with Crippen LogP contribution in [0.3, 0.4) is 0 Å². The van der Waals surface area contributed by atoms with Gasteiger partial charge >= 0.3 is 0 Å². The second kappa shape index (κ2) is 5.54. The Labute approximate surface area is 148 Å². The van der Waals surface area contributed by atoms with Crippen molar-refractivity contribution >= 4 is 44.8 Å². The Morgan fingerprint density at radius 1 is 0.917 bits per heavy atom. The SMILES string of the molecule is Cc1ccc(-c2cccc3c2sc2cccc([Si](C)(C)C)c23)nc1. The minimum atomic E-state index is -1.39. The molecule has 1 nitrogen and oxygen atoms in total. The van der Waals surface area contributed by atoms with Gasteiger partial charge < -0.3 is 0 Å². The second-order valence-corrected chi connectivity index (χ2v) is 13.5. The summed E-state index contributed by atoms with van der Waals surface area (Å²) in [5.41, 5.74) is 3.51. The number of aromatic nitrogens is 1. The maximum atomic E-state index is 4.66. The minimum absolute atomic E-state index is 1.06. The number of hydrogen-bond acceptors (Lipinski definition) is 2. The molecule has 4 aromatic rings. The molecule has 3 heteroatoms. The molecule has 0 amide bonds. The Morgan fingerprint density at radius 3 is 2.42 bits per heavy atom. The normalized spacial score (nSPS) is 12.2. The summed E-state index contributed by atoms with van der Waals surface area (Å²) in [5.74, 6) is 0. The van der Waals surface area contributed by atoms with E-state index < -0.39 is 8.07 Å². The molecule has 0 fully saturated rings. The van der Waals surface area contributed by atoms with Gasteiger partial charge in [0.25, 0.3) is 0 Å². The molecule has 4 rings (SSSR count). The van der Waals surface area contributed by atoms with Crippen molar-refractivity contribution in [2.24, 2.45) is 0 Å². The molecule has 0 aliphatic rings. The number of aryl methyl sites for hydroxylation is 1. The van der Waals surface area contributed by atoms with Crippen molar-refractivity contribution < 1.29 is 0 Å². The number of benzene rings is 2. The first-order valence-electron chi connectivity index (χ1n) is 8.33. The highest BCUT2D eigenvalue weighted by Gasteiger charge is 2.22. The summed E-state index contributed by atoms with van der Waals surface area (Å²) in [4.78, 5) is 4.66. The van der Waals surface area contributed by atoms with Crippen LogP contribution in [0.4, 0.5) is 0 Å². The Hall–Kier alpha value is -1.97. The van der Waals surface area contributed by atoms with Gasteiger partial charge in [-0.2, -0.15) is 0 Å². The summed E-state index contributed by atoms with van der Waals surface area (Å²) in [6, 6.07) is 17.7. The number of fused-ring (bicyclic) bond motifs is 3. The second-order valence-electron chi connectivity index (χ2n) is 7.43. The summed E-state index contributed by atoms with van der Waals surface area (Å²) < 4.78 is 2.75. The first kappa shape index (κ1) is 15.5. The average Bonchev–Trinajstić information content (AvgIpc) is 2.93. The molecule has 120 valence electrons. The van der Waals surface area contributed by atoms with Crippen LogP contribution >= 0.6 is 11.3 Å². The number of thiophene rings is 1. The zero-order valence-electron chi connectivity index (χ0n) is 14.6. The van der Waals surface area contributed by atoms with Crippen molar-refractivity contribution in [1.29, 1.82) is 0 Å². The maximum Gasteiger partial charge on any atom is 0.0784 e. The van der Waals surface area contributed by atoms with Crippen LogP contribution in [0.15, 0.2) is 54.7 Å². The molecule has 0 spiro atoms. The van der Waals surface area contributed by atoms with Gasteiger partial charge in [-0.05, 0) is 30.0 Å². The van der Waals surface area contributed by atoms with Crippen LogP contribution in [0.25, 0.3) is 31.4 Å². The van der Waals surface area contributed by atoms with E-state index in [-0.39, 0.29) is 0 Å². The molecule has 2 heterocycles. The summed E-state index contributed by atoms with van der Waals surface area (Å²) in [6.07, 6.45) is 1.95. The molecular weight excluding hydrogens is 326 g/mol. The number of nitrogens with zero attached hydrogens (tertiary/aromatic N) is 1. The third-order valence-corrected chi connectivity index (χ3v) is 7.75. The highest BCUT2D eigenvalue weighted by Crippen LogP contribution is 2.39. The Bertz CT molecular complexity index is 1040. The third kappa shape index (κ3) is 2.48. The van der Waals surface area contributed by atoms with Gasteiger partial charge in [0, 0.05) is 26.5 Å². The molecule has 0 aliphatic heterocycles. The van der Waals surface area contributed by atoms with Gasteiger partial charge in [-0.15, -0.1) is 11.3 Å². The van der Waals surface area contributed by atoms with Gasteiger partial charge in [0.2, 0.25) is 0 Å². The zero-order valence-corrected chi connectivity index (χ0v) is 16.4. The molecule has 2 aromatic carbocycles. The molecule has 0 aliphatic carbocycles. The smallest absolute Gasteiger partial charge is 0.0784 e. The fraction of sp³-hybridized carbons (Fsp3) is 0.190. The number of rotatable bonds is 2. The van der Waals surface area contributed by atoms with Crippen LogP contribution in [0, 0.1) is 6.92 Å². The topological polar surface area (TPSA) is 12.9 Å². The molecule has 2 aromatic heterocycles. The summed E-state index contributed by atoms with van der Waals surface area (Å²) in [6.45, 7) is 9.36. The highest BCUT2D eigenvalue weighted by atomic mass is 32.1. The largest absolute Gasteiger partial charge is 0.256 e. The van der Waals surface area contributed by atoms with Crippen LogP contribution < -0.4 is 5.19 Å². The predicted molar refractivity (Wildman–Crippen MR) is 110 cm³/mol. The Balaban J connectivity index is 2.08. The molecule has 0 bridgehead atoms. The number of hydrogen-bond donors (Lipinski definition) is 0. The van der Waals surface area contributed by atoms with Gasteiger partial charge in [0.05, 0.1) is 13.8 Å². The van der Waals surface area contributed by atoms with Crippen LogP contribution in [-0.4, -0.2) is 13.1 Å². The van der Waals surface area contributed by atoms with Gasteiger partial charge in [0.1, 0.15) is 0 Å². The fourth-order valence-electron chi connectivity index (χ4n) is 3.30. The van der Waals surface area contributed by atoms with E-state index in [1.54, 1.807) is 5.19 Å². The molecule has 24 heavy (non-hydrogen) atoms. The van der Waals surface area contributed by atoms with E-state index in [2.05, 4.69) is 80.1 Å².